The summed E-state index contributed by atoms with van der Waals surface area (Å²) in [5.74, 6) is -0.919. The summed E-state index contributed by atoms with van der Waals surface area (Å²) in [5.41, 5.74) is 5.40. The van der Waals surface area contributed by atoms with Crippen LogP contribution in [0.3, 0.4) is 0 Å². The normalized spacial score (nSPS) is 13.4. The van der Waals surface area contributed by atoms with Gasteiger partial charge in [-0.15, -0.1) is 11.3 Å². The van der Waals surface area contributed by atoms with Crippen molar-refractivity contribution in [1.29, 1.82) is 0 Å². The number of hydrogen-bond donors (Lipinski definition) is 3. The quantitative estimate of drug-likeness (QED) is 0.303. The zero-order valence-electron chi connectivity index (χ0n) is 8.88. The van der Waals surface area contributed by atoms with Gasteiger partial charge in [0.2, 0.25) is 5.91 Å². The van der Waals surface area contributed by atoms with Crippen molar-refractivity contribution in [2.45, 2.75) is 19.9 Å². The van der Waals surface area contributed by atoms with Crippen LogP contribution >= 0.6 is 11.3 Å². The third kappa shape index (κ3) is 3.20. The molecule has 0 aliphatic carbocycles. The molecular formula is C9H14N4O2S. The lowest BCUT2D eigenvalue weighted by molar-refractivity contribution is -0.123. The number of hydrogen-bond acceptors (Lipinski definition) is 5. The second kappa shape index (κ2) is 6.06. The van der Waals surface area contributed by atoms with E-state index >= 15 is 0 Å². The highest BCUT2D eigenvalue weighted by molar-refractivity contribution is 7.09. The van der Waals surface area contributed by atoms with Crippen molar-refractivity contribution in [1.82, 2.24) is 10.3 Å². The van der Waals surface area contributed by atoms with E-state index < -0.39 is 5.92 Å². The highest BCUT2D eigenvalue weighted by Gasteiger charge is 2.20. The van der Waals surface area contributed by atoms with Crippen LogP contribution in [0.25, 0.3) is 0 Å². The van der Waals surface area contributed by atoms with E-state index in [4.69, 9.17) is 10.9 Å². The Balaban J connectivity index is 2.50. The Morgan fingerprint density at radius 1 is 1.81 bits per heavy atom. The van der Waals surface area contributed by atoms with Crippen LogP contribution in [0.15, 0.2) is 16.7 Å². The van der Waals surface area contributed by atoms with Crippen molar-refractivity contribution < 1.29 is 10.0 Å². The van der Waals surface area contributed by atoms with Gasteiger partial charge in [-0.25, -0.2) is 4.98 Å². The first-order chi connectivity index (χ1) is 7.69. The number of carbonyl (C=O) groups excluding carboxylic acids is 1. The summed E-state index contributed by atoms with van der Waals surface area (Å²) in [6, 6.07) is 0. The number of nitrogens with two attached hydrogens (primary N) is 1. The first-order valence-corrected chi connectivity index (χ1v) is 5.70. The van der Waals surface area contributed by atoms with Crippen LogP contribution in [0.4, 0.5) is 0 Å². The Kier molecular flexibility index (Phi) is 4.71. The monoisotopic (exact) mass is 242 g/mol. The molecular weight excluding hydrogens is 228 g/mol. The maximum atomic E-state index is 11.7. The van der Waals surface area contributed by atoms with Crippen LogP contribution in [-0.4, -0.2) is 21.9 Å². The van der Waals surface area contributed by atoms with Crippen molar-refractivity contribution in [2.75, 3.05) is 0 Å². The molecule has 6 nitrogen and oxygen atoms in total. The molecule has 1 heterocycles. The van der Waals surface area contributed by atoms with E-state index in [0.29, 0.717) is 13.0 Å². The zero-order valence-corrected chi connectivity index (χ0v) is 9.70. The summed E-state index contributed by atoms with van der Waals surface area (Å²) in [7, 11) is 0. The van der Waals surface area contributed by atoms with Gasteiger partial charge < -0.3 is 16.3 Å². The fourth-order valence-corrected chi connectivity index (χ4v) is 1.78. The van der Waals surface area contributed by atoms with E-state index in [1.165, 1.54) is 11.3 Å². The molecule has 0 fully saturated rings. The van der Waals surface area contributed by atoms with E-state index in [2.05, 4.69) is 15.5 Å². The molecule has 1 amide bonds. The lowest BCUT2D eigenvalue weighted by atomic mass is 10.1. The fourth-order valence-electron chi connectivity index (χ4n) is 1.22. The second-order valence-electron chi connectivity index (χ2n) is 3.13. The number of carbonyl (C=O) groups is 1. The molecule has 1 rings (SSSR count). The molecule has 0 radical (unpaired) electrons. The molecule has 0 aliphatic rings. The van der Waals surface area contributed by atoms with Crippen LogP contribution in [0, 0.1) is 5.92 Å². The number of aromatic nitrogens is 1. The molecule has 0 saturated carbocycles. The number of oxime groups is 1. The summed E-state index contributed by atoms with van der Waals surface area (Å²) in [5, 5.41) is 16.7. The molecule has 7 heteroatoms. The summed E-state index contributed by atoms with van der Waals surface area (Å²) < 4.78 is 0. The van der Waals surface area contributed by atoms with Gasteiger partial charge in [-0.1, -0.05) is 12.1 Å². The Morgan fingerprint density at radius 2 is 2.56 bits per heavy atom. The lowest BCUT2D eigenvalue weighted by Crippen LogP contribution is -2.38. The molecule has 1 aromatic rings. The largest absolute Gasteiger partial charge is 0.409 e. The van der Waals surface area contributed by atoms with Crippen molar-refractivity contribution in [3.8, 4) is 0 Å². The smallest absolute Gasteiger partial charge is 0.231 e. The Bertz CT molecular complexity index is 364. The standard InChI is InChI=1S/C9H14N4O2S/c1-2-6(8(10)13-15)9(14)12-5-7-11-3-4-16-7/h3-4,6,15H,2,5H2,1H3,(H2,10,13)(H,12,14). The third-order valence-electron chi connectivity index (χ3n) is 2.09. The lowest BCUT2D eigenvalue weighted by Gasteiger charge is -2.12. The molecule has 16 heavy (non-hydrogen) atoms. The minimum atomic E-state index is -0.593. The molecule has 1 aromatic heterocycles. The average molecular weight is 242 g/mol. The molecule has 88 valence electrons. The van der Waals surface area contributed by atoms with E-state index in [1.54, 1.807) is 13.1 Å². The van der Waals surface area contributed by atoms with Gasteiger partial charge in [0, 0.05) is 11.6 Å². The van der Waals surface area contributed by atoms with E-state index in [0.717, 1.165) is 5.01 Å². The van der Waals surface area contributed by atoms with Gasteiger partial charge in [-0.05, 0) is 6.42 Å². The van der Waals surface area contributed by atoms with Gasteiger partial charge in [0.15, 0.2) is 5.84 Å². The Labute approximate surface area is 97.2 Å². The SMILES string of the molecule is CCC(C(=O)NCc1nccs1)C(N)=NO. The van der Waals surface area contributed by atoms with Crippen LogP contribution < -0.4 is 11.1 Å². The van der Waals surface area contributed by atoms with Gasteiger partial charge in [0.1, 0.15) is 5.01 Å². The van der Waals surface area contributed by atoms with Gasteiger partial charge in [-0.3, -0.25) is 4.79 Å². The first-order valence-electron chi connectivity index (χ1n) is 4.82. The van der Waals surface area contributed by atoms with Gasteiger partial charge in [-0.2, -0.15) is 0 Å². The number of amidine groups is 1. The number of thiazole rings is 1. The van der Waals surface area contributed by atoms with Crippen molar-refractivity contribution in [2.24, 2.45) is 16.8 Å². The van der Waals surface area contributed by atoms with E-state index in [1.807, 2.05) is 5.38 Å². The predicted molar refractivity (Wildman–Crippen MR) is 61.2 cm³/mol. The summed E-state index contributed by atoms with van der Waals surface area (Å²) >= 11 is 1.46. The maximum Gasteiger partial charge on any atom is 0.231 e. The summed E-state index contributed by atoms with van der Waals surface area (Å²) in [6.07, 6.45) is 2.16. The number of nitrogens with one attached hydrogen (secondary N) is 1. The topological polar surface area (TPSA) is 101 Å². The van der Waals surface area contributed by atoms with Crippen LogP contribution in [0.5, 0.6) is 0 Å². The maximum absolute atomic E-state index is 11.7. The summed E-state index contributed by atoms with van der Waals surface area (Å²) in [6.45, 7) is 2.16. The molecule has 1 unspecified atom stereocenters. The molecule has 1 atom stereocenters. The van der Waals surface area contributed by atoms with Crippen LogP contribution in [0.2, 0.25) is 0 Å². The van der Waals surface area contributed by atoms with Crippen molar-refractivity contribution in [3.05, 3.63) is 16.6 Å². The number of nitrogens with zero attached hydrogens (tertiary/aromatic N) is 2. The summed E-state index contributed by atoms with van der Waals surface area (Å²) in [4.78, 5) is 15.7. The molecule has 0 bridgehead atoms. The number of rotatable bonds is 5. The minimum absolute atomic E-state index is 0.0702. The Morgan fingerprint density at radius 3 is 3.06 bits per heavy atom. The molecule has 0 saturated heterocycles. The number of amides is 1. The highest BCUT2D eigenvalue weighted by atomic mass is 32.1. The molecule has 0 spiro atoms. The van der Waals surface area contributed by atoms with Gasteiger partial charge >= 0.3 is 0 Å². The third-order valence-corrected chi connectivity index (χ3v) is 2.87. The molecule has 4 N–H and O–H groups in total. The van der Waals surface area contributed by atoms with E-state index in [9.17, 15) is 4.79 Å². The van der Waals surface area contributed by atoms with Crippen molar-refractivity contribution in [3.63, 3.8) is 0 Å². The second-order valence-corrected chi connectivity index (χ2v) is 4.11. The first kappa shape index (κ1) is 12.4. The Hall–Kier alpha value is -1.63. The fraction of sp³-hybridized carbons (Fsp3) is 0.444. The van der Waals surface area contributed by atoms with Crippen LogP contribution in [-0.2, 0) is 11.3 Å². The van der Waals surface area contributed by atoms with Crippen molar-refractivity contribution >= 4 is 23.1 Å². The molecule has 0 aliphatic heterocycles. The zero-order chi connectivity index (χ0) is 12.0. The average Bonchev–Trinajstić information content (AvgIpc) is 2.79. The van der Waals surface area contributed by atoms with Crippen LogP contribution in [0.1, 0.15) is 18.4 Å². The minimum Gasteiger partial charge on any atom is -0.409 e. The van der Waals surface area contributed by atoms with Gasteiger partial charge in [0.25, 0.3) is 0 Å². The predicted octanol–water partition coefficient (Wildman–Crippen LogP) is 0.532. The highest BCUT2D eigenvalue weighted by Crippen LogP contribution is 2.06. The molecule has 0 aromatic carbocycles. The van der Waals surface area contributed by atoms with E-state index in [-0.39, 0.29) is 11.7 Å². The van der Waals surface area contributed by atoms with Gasteiger partial charge in [0.05, 0.1) is 12.5 Å².